The van der Waals surface area contributed by atoms with Gasteiger partial charge in [-0.05, 0) is 0 Å². The van der Waals surface area contributed by atoms with Crippen molar-refractivity contribution in [2.45, 2.75) is 25.0 Å². The number of allylic oxidation sites excluding steroid dienone is 3. The Kier molecular flexibility index (Phi) is 9.05. The van der Waals surface area contributed by atoms with Crippen LogP contribution in [0, 0.1) is 22.7 Å². The Morgan fingerprint density at radius 3 is 2.11 bits per heavy atom. The fraction of sp³-hybridized carbons (Fsp3) is 0.500. The van der Waals surface area contributed by atoms with Gasteiger partial charge in [0.1, 0.15) is 0 Å². The summed E-state index contributed by atoms with van der Waals surface area (Å²) in [5.74, 6) is 0. The van der Waals surface area contributed by atoms with Gasteiger partial charge in [-0.1, -0.05) is 0 Å². The first-order chi connectivity index (χ1) is 8.61. The Morgan fingerprint density at radius 1 is 1.28 bits per heavy atom. The van der Waals surface area contributed by atoms with E-state index in [0.29, 0.717) is 0 Å². The van der Waals surface area contributed by atoms with Crippen LogP contribution >= 0.6 is 0 Å². The molecule has 0 spiro atoms. The molecule has 0 aromatic heterocycles. The second-order valence-corrected chi connectivity index (χ2v) is 7.63. The maximum absolute atomic E-state index is 12.4. The molecule has 5 nitrogen and oxygen atoms in total. The molecule has 0 saturated carbocycles. The second kappa shape index (κ2) is 9.74. The average molecular weight is 312 g/mol. The molecule has 0 saturated heterocycles. The van der Waals surface area contributed by atoms with Gasteiger partial charge in [-0.3, -0.25) is 0 Å². The predicted molar refractivity (Wildman–Crippen MR) is 67.6 cm³/mol. The summed E-state index contributed by atoms with van der Waals surface area (Å²) in [6.07, 6.45) is 3.69. The maximum atomic E-state index is 12.4. The Labute approximate surface area is 111 Å². The van der Waals surface area contributed by atoms with E-state index in [1.54, 1.807) is 12.2 Å². The zero-order valence-corrected chi connectivity index (χ0v) is 12.3. The third-order valence-corrected chi connectivity index (χ3v) is 6.01. The molecule has 0 amide bonds. The van der Waals surface area contributed by atoms with Crippen LogP contribution in [0.2, 0.25) is 5.21 Å². The van der Waals surface area contributed by atoms with Gasteiger partial charge in [0.25, 0.3) is 0 Å². The van der Waals surface area contributed by atoms with Crippen molar-refractivity contribution in [2.24, 2.45) is 0 Å². The summed E-state index contributed by atoms with van der Waals surface area (Å²) in [6, 6.07) is 3.82. The van der Waals surface area contributed by atoms with E-state index in [9.17, 15) is 3.74 Å². The van der Waals surface area contributed by atoms with Crippen molar-refractivity contribution >= 4 is 14.2 Å². The van der Waals surface area contributed by atoms with Gasteiger partial charge in [-0.15, -0.1) is 0 Å². The SMILES string of the molecule is C=C/C(=C\C)C[As](=O)(OCCC#N)OCCC#N. The van der Waals surface area contributed by atoms with E-state index in [2.05, 4.69) is 6.58 Å². The molecule has 0 heterocycles. The Morgan fingerprint density at radius 2 is 1.78 bits per heavy atom. The summed E-state index contributed by atoms with van der Waals surface area (Å²) < 4.78 is 22.8. The van der Waals surface area contributed by atoms with Crippen LogP contribution in [0.1, 0.15) is 19.8 Å². The first-order valence-corrected chi connectivity index (χ1v) is 9.14. The topological polar surface area (TPSA) is 83.1 Å². The van der Waals surface area contributed by atoms with Crippen molar-refractivity contribution in [3.05, 3.63) is 24.3 Å². The molecule has 6 heteroatoms. The molecule has 0 aliphatic heterocycles. The van der Waals surface area contributed by atoms with E-state index in [1.807, 2.05) is 19.1 Å². The summed E-state index contributed by atoms with van der Waals surface area (Å²) in [4.78, 5) is 0. The molecule has 0 aromatic rings. The fourth-order valence-electron chi connectivity index (χ4n) is 1.09. The first-order valence-electron chi connectivity index (χ1n) is 5.51. The van der Waals surface area contributed by atoms with Gasteiger partial charge in [-0.2, -0.15) is 0 Å². The molecule has 0 fully saturated rings. The molecule has 0 atom stereocenters. The van der Waals surface area contributed by atoms with Gasteiger partial charge < -0.3 is 0 Å². The van der Waals surface area contributed by atoms with Gasteiger partial charge in [0.2, 0.25) is 0 Å². The van der Waals surface area contributed by atoms with Crippen molar-refractivity contribution < 1.29 is 11.2 Å². The molecule has 0 unspecified atom stereocenters. The van der Waals surface area contributed by atoms with Crippen LogP contribution < -0.4 is 0 Å². The second-order valence-electron chi connectivity index (χ2n) is 3.32. The molecule has 0 aliphatic carbocycles. The van der Waals surface area contributed by atoms with Crippen LogP contribution in [-0.2, 0) is 11.2 Å². The molecule has 0 aliphatic rings. The third kappa shape index (κ3) is 7.14. The molecule has 0 aromatic carbocycles. The van der Waals surface area contributed by atoms with Crippen LogP contribution in [0.15, 0.2) is 24.3 Å². The van der Waals surface area contributed by atoms with Crippen LogP contribution in [0.5, 0.6) is 0 Å². The number of hydrogen-bond donors (Lipinski definition) is 0. The summed E-state index contributed by atoms with van der Waals surface area (Å²) in [5, 5.41) is 17.0. The van der Waals surface area contributed by atoms with Gasteiger partial charge in [-0.25, -0.2) is 0 Å². The molecule has 0 rings (SSSR count). The summed E-state index contributed by atoms with van der Waals surface area (Å²) in [5.41, 5.74) is 0.770. The molecule has 0 N–H and O–H groups in total. The van der Waals surface area contributed by atoms with Crippen molar-refractivity contribution in [3.63, 3.8) is 0 Å². The van der Waals surface area contributed by atoms with Crippen LogP contribution in [0.25, 0.3) is 0 Å². The summed E-state index contributed by atoms with van der Waals surface area (Å²) >= 11 is -3.99. The molecular weight excluding hydrogens is 295 g/mol. The average Bonchev–Trinajstić information content (AvgIpc) is 2.37. The van der Waals surface area contributed by atoms with E-state index < -0.39 is 14.2 Å². The van der Waals surface area contributed by atoms with E-state index in [1.165, 1.54) is 0 Å². The minimum absolute atomic E-state index is 0.0771. The molecule has 98 valence electrons. The quantitative estimate of drug-likeness (QED) is 0.371. The monoisotopic (exact) mass is 312 g/mol. The van der Waals surface area contributed by atoms with E-state index in [4.69, 9.17) is 18.0 Å². The standard InChI is InChI=1S/C12H17AsN2O3/c1-3-12(4-2)11-13(16,17-9-5-7-14)18-10-6-8-15/h3-4H,1,5-6,9-11H2,2H3/b12-4+. The number of nitriles is 2. The van der Waals surface area contributed by atoms with E-state index in [-0.39, 0.29) is 31.3 Å². The minimum atomic E-state index is -3.99. The van der Waals surface area contributed by atoms with E-state index in [0.717, 1.165) is 5.57 Å². The molecule has 18 heavy (non-hydrogen) atoms. The summed E-state index contributed by atoms with van der Waals surface area (Å²) in [7, 11) is 0. The van der Waals surface area contributed by atoms with Crippen molar-refractivity contribution in [2.75, 3.05) is 13.2 Å². The number of rotatable bonds is 9. The first kappa shape index (κ1) is 16.7. The van der Waals surface area contributed by atoms with Gasteiger partial charge in [0.15, 0.2) is 0 Å². The zero-order chi connectivity index (χ0) is 13.9. The van der Waals surface area contributed by atoms with Crippen LogP contribution in [0.3, 0.4) is 0 Å². The number of hydrogen-bond acceptors (Lipinski definition) is 5. The van der Waals surface area contributed by atoms with Gasteiger partial charge in [0.05, 0.1) is 0 Å². The van der Waals surface area contributed by atoms with Crippen LogP contribution in [0.4, 0.5) is 0 Å². The van der Waals surface area contributed by atoms with Crippen molar-refractivity contribution in [1.29, 1.82) is 10.5 Å². The number of nitrogens with zero attached hydrogens (tertiary/aromatic N) is 2. The third-order valence-electron chi connectivity index (χ3n) is 2.01. The van der Waals surface area contributed by atoms with Gasteiger partial charge in [0, 0.05) is 0 Å². The van der Waals surface area contributed by atoms with Gasteiger partial charge >= 0.3 is 111 Å². The zero-order valence-electron chi connectivity index (χ0n) is 10.5. The molecule has 0 bridgehead atoms. The predicted octanol–water partition coefficient (Wildman–Crippen LogP) is 2.35. The molecule has 0 radical (unpaired) electrons. The Hall–Kier alpha value is -1.26. The van der Waals surface area contributed by atoms with Crippen molar-refractivity contribution in [3.8, 4) is 12.1 Å². The van der Waals surface area contributed by atoms with Crippen molar-refractivity contribution in [1.82, 2.24) is 0 Å². The Balaban J connectivity index is 4.59. The summed E-state index contributed by atoms with van der Waals surface area (Å²) in [6.45, 7) is 5.57. The normalized spacial score (nSPS) is 11.6. The fourth-order valence-corrected chi connectivity index (χ4v) is 4.77. The van der Waals surface area contributed by atoms with Crippen LogP contribution in [-0.4, -0.2) is 27.4 Å². The molecular formula is C12H17AsN2O3. The Bertz CT molecular complexity index is 394. The van der Waals surface area contributed by atoms with E-state index >= 15 is 0 Å².